The Hall–Kier alpha value is -1.03. The van der Waals surface area contributed by atoms with Crippen LogP contribution in [0.15, 0.2) is 11.4 Å². The van der Waals surface area contributed by atoms with Crippen molar-refractivity contribution in [3.05, 3.63) is 17.0 Å². The van der Waals surface area contributed by atoms with E-state index in [1.807, 2.05) is 24.1 Å². The average molecular weight is 199 g/mol. The fraction of sp³-hybridized carbons (Fsp3) is 0.444. The maximum atomic E-state index is 10.8. The van der Waals surface area contributed by atoms with E-state index in [9.17, 15) is 4.79 Å². The summed E-state index contributed by atoms with van der Waals surface area (Å²) in [5.74, 6) is -0.844. The molecular formula is C9H13NO2S. The van der Waals surface area contributed by atoms with Gasteiger partial charge in [0.1, 0.15) is 5.00 Å². The summed E-state index contributed by atoms with van der Waals surface area (Å²) in [4.78, 5) is 12.8. The summed E-state index contributed by atoms with van der Waals surface area (Å²) in [6.45, 7) is 5.73. The maximum Gasteiger partial charge on any atom is 0.338 e. The van der Waals surface area contributed by atoms with Crippen molar-refractivity contribution < 1.29 is 9.90 Å². The van der Waals surface area contributed by atoms with E-state index in [4.69, 9.17) is 5.11 Å². The lowest BCUT2D eigenvalue weighted by Crippen LogP contribution is -2.22. The molecule has 1 rings (SSSR count). The highest BCUT2D eigenvalue weighted by Crippen LogP contribution is 2.27. The molecule has 0 aliphatic heterocycles. The number of anilines is 1. The molecule has 3 nitrogen and oxygen atoms in total. The van der Waals surface area contributed by atoms with E-state index in [1.165, 1.54) is 11.3 Å². The highest BCUT2D eigenvalue weighted by atomic mass is 32.1. The standard InChI is InChI=1S/C9H13NO2S/c1-3-10(4-2)8-7(9(11)12)5-6-13-8/h5-6H,3-4H2,1-2H3,(H,11,12). The van der Waals surface area contributed by atoms with Crippen LogP contribution in [-0.4, -0.2) is 24.2 Å². The molecule has 0 amide bonds. The van der Waals surface area contributed by atoms with Crippen molar-refractivity contribution in [3.8, 4) is 0 Å². The van der Waals surface area contributed by atoms with Crippen molar-refractivity contribution in [2.24, 2.45) is 0 Å². The monoisotopic (exact) mass is 199 g/mol. The second kappa shape index (κ2) is 4.28. The Labute approximate surface area is 81.6 Å². The zero-order chi connectivity index (χ0) is 9.84. The molecule has 0 aliphatic rings. The van der Waals surface area contributed by atoms with Gasteiger partial charge in [-0.15, -0.1) is 11.3 Å². The molecule has 0 atom stereocenters. The molecule has 0 unspecified atom stereocenters. The maximum absolute atomic E-state index is 10.8. The van der Waals surface area contributed by atoms with Gasteiger partial charge in [-0.2, -0.15) is 0 Å². The van der Waals surface area contributed by atoms with Crippen LogP contribution in [0.5, 0.6) is 0 Å². The Balaban J connectivity index is 2.98. The second-order valence-electron chi connectivity index (χ2n) is 2.62. The molecule has 72 valence electrons. The molecule has 0 aliphatic carbocycles. The minimum Gasteiger partial charge on any atom is -0.478 e. The minimum atomic E-state index is -0.844. The van der Waals surface area contributed by atoms with E-state index in [1.54, 1.807) is 6.07 Å². The van der Waals surface area contributed by atoms with Gasteiger partial charge in [0.2, 0.25) is 0 Å². The Kier molecular flexibility index (Phi) is 3.31. The average Bonchev–Trinajstić information content (AvgIpc) is 2.55. The quantitative estimate of drug-likeness (QED) is 0.808. The topological polar surface area (TPSA) is 40.5 Å². The van der Waals surface area contributed by atoms with Crippen LogP contribution < -0.4 is 4.90 Å². The minimum absolute atomic E-state index is 0.411. The molecule has 13 heavy (non-hydrogen) atoms. The fourth-order valence-corrected chi connectivity index (χ4v) is 2.24. The van der Waals surface area contributed by atoms with Gasteiger partial charge in [0, 0.05) is 13.1 Å². The summed E-state index contributed by atoms with van der Waals surface area (Å²) in [6.07, 6.45) is 0. The molecule has 1 heterocycles. The molecule has 1 aromatic heterocycles. The van der Waals surface area contributed by atoms with Crippen molar-refractivity contribution in [1.29, 1.82) is 0 Å². The Morgan fingerprint density at radius 3 is 2.62 bits per heavy atom. The molecule has 0 bridgehead atoms. The van der Waals surface area contributed by atoms with Crippen LogP contribution in [0, 0.1) is 0 Å². The third-order valence-corrected chi connectivity index (χ3v) is 2.90. The second-order valence-corrected chi connectivity index (χ2v) is 3.51. The molecule has 0 saturated heterocycles. The number of thiophene rings is 1. The van der Waals surface area contributed by atoms with Gasteiger partial charge in [0.25, 0.3) is 0 Å². The molecule has 0 saturated carbocycles. The smallest absolute Gasteiger partial charge is 0.338 e. The number of hydrogen-bond donors (Lipinski definition) is 1. The first-order valence-electron chi connectivity index (χ1n) is 4.26. The summed E-state index contributed by atoms with van der Waals surface area (Å²) in [5.41, 5.74) is 0.411. The van der Waals surface area contributed by atoms with Crippen LogP contribution in [0.25, 0.3) is 0 Å². The molecule has 0 aromatic carbocycles. The molecule has 0 radical (unpaired) electrons. The Morgan fingerprint density at radius 1 is 1.54 bits per heavy atom. The summed E-state index contributed by atoms with van der Waals surface area (Å²) < 4.78 is 0. The first kappa shape index (κ1) is 10.1. The number of aromatic carboxylic acids is 1. The Morgan fingerprint density at radius 2 is 2.15 bits per heavy atom. The largest absolute Gasteiger partial charge is 0.478 e. The predicted octanol–water partition coefficient (Wildman–Crippen LogP) is 2.29. The van der Waals surface area contributed by atoms with Gasteiger partial charge < -0.3 is 10.0 Å². The van der Waals surface area contributed by atoms with Crippen molar-refractivity contribution in [1.82, 2.24) is 0 Å². The van der Waals surface area contributed by atoms with Gasteiger partial charge in [-0.25, -0.2) is 4.79 Å². The number of carboxylic acid groups (broad SMARTS) is 1. The van der Waals surface area contributed by atoms with E-state index in [0.29, 0.717) is 5.56 Å². The van der Waals surface area contributed by atoms with E-state index in [-0.39, 0.29) is 0 Å². The highest BCUT2D eigenvalue weighted by Gasteiger charge is 2.14. The lowest BCUT2D eigenvalue weighted by molar-refractivity contribution is 0.0698. The number of hydrogen-bond acceptors (Lipinski definition) is 3. The summed E-state index contributed by atoms with van der Waals surface area (Å²) in [7, 11) is 0. The van der Waals surface area contributed by atoms with E-state index >= 15 is 0 Å². The number of rotatable bonds is 4. The van der Waals surface area contributed by atoms with Gasteiger partial charge >= 0.3 is 5.97 Å². The van der Waals surface area contributed by atoms with E-state index < -0.39 is 5.97 Å². The van der Waals surface area contributed by atoms with Crippen LogP contribution >= 0.6 is 11.3 Å². The molecule has 4 heteroatoms. The van der Waals surface area contributed by atoms with Gasteiger partial charge in [-0.05, 0) is 25.3 Å². The number of carboxylic acids is 1. The van der Waals surface area contributed by atoms with Crippen molar-refractivity contribution >= 4 is 22.3 Å². The summed E-state index contributed by atoms with van der Waals surface area (Å²) >= 11 is 1.48. The van der Waals surface area contributed by atoms with Crippen LogP contribution in [0.4, 0.5) is 5.00 Å². The van der Waals surface area contributed by atoms with Crippen LogP contribution in [-0.2, 0) is 0 Å². The van der Waals surface area contributed by atoms with Crippen LogP contribution in [0.2, 0.25) is 0 Å². The Bertz CT molecular complexity index is 292. The molecular weight excluding hydrogens is 186 g/mol. The van der Waals surface area contributed by atoms with Gasteiger partial charge in [0.15, 0.2) is 0 Å². The molecule has 1 N–H and O–H groups in total. The van der Waals surface area contributed by atoms with Crippen LogP contribution in [0.3, 0.4) is 0 Å². The lowest BCUT2D eigenvalue weighted by Gasteiger charge is -2.19. The first-order chi connectivity index (χ1) is 6.20. The van der Waals surface area contributed by atoms with Crippen LogP contribution in [0.1, 0.15) is 24.2 Å². The first-order valence-corrected chi connectivity index (χ1v) is 5.14. The van der Waals surface area contributed by atoms with Crippen molar-refractivity contribution in [3.63, 3.8) is 0 Å². The lowest BCUT2D eigenvalue weighted by atomic mass is 10.3. The van der Waals surface area contributed by atoms with Crippen molar-refractivity contribution in [2.45, 2.75) is 13.8 Å². The van der Waals surface area contributed by atoms with Gasteiger partial charge in [0.05, 0.1) is 5.56 Å². The molecule has 0 spiro atoms. The third kappa shape index (κ3) is 2.01. The van der Waals surface area contributed by atoms with Gasteiger partial charge in [-0.1, -0.05) is 0 Å². The molecule has 1 aromatic rings. The van der Waals surface area contributed by atoms with E-state index in [2.05, 4.69) is 0 Å². The number of carbonyl (C=O) groups is 1. The normalized spacial score (nSPS) is 10.0. The third-order valence-electron chi connectivity index (χ3n) is 1.93. The zero-order valence-corrected chi connectivity index (χ0v) is 8.60. The summed E-state index contributed by atoms with van der Waals surface area (Å²) in [6, 6.07) is 1.65. The predicted molar refractivity (Wildman–Crippen MR) is 54.8 cm³/mol. The van der Waals surface area contributed by atoms with Gasteiger partial charge in [-0.3, -0.25) is 0 Å². The van der Waals surface area contributed by atoms with E-state index in [0.717, 1.165) is 18.1 Å². The molecule has 0 fully saturated rings. The summed E-state index contributed by atoms with van der Waals surface area (Å²) in [5, 5.41) is 11.5. The SMILES string of the molecule is CCN(CC)c1sccc1C(=O)O. The van der Waals surface area contributed by atoms with Crippen molar-refractivity contribution in [2.75, 3.05) is 18.0 Å². The highest BCUT2D eigenvalue weighted by molar-refractivity contribution is 7.14. The number of nitrogens with zero attached hydrogens (tertiary/aromatic N) is 1. The zero-order valence-electron chi connectivity index (χ0n) is 7.78. The fourth-order valence-electron chi connectivity index (χ4n) is 1.22.